The Bertz CT molecular complexity index is 387. The lowest BCUT2D eigenvalue weighted by Gasteiger charge is -2.03. The lowest BCUT2D eigenvalue weighted by Crippen LogP contribution is -2.12. The molecule has 0 atom stereocenters. The van der Waals surface area contributed by atoms with E-state index in [-0.39, 0.29) is 23.4 Å². The number of ether oxygens (including phenoxy) is 1. The van der Waals surface area contributed by atoms with E-state index in [1.54, 1.807) is 6.92 Å². The van der Waals surface area contributed by atoms with E-state index in [4.69, 9.17) is 16.3 Å². The fourth-order valence-corrected chi connectivity index (χ4v) is 1.28. The lowest BCUT2D eigenvalue weighted by molar-refractivity contribution is -0.114. The van der Waals surface area contributed by atoms with Gasteiger partial charge in [0.15, 0.2) is 0 Å². The maximum Gasteiger partial charge on any atom is 0.356 e. The molecule has 0 saturated heterocycles. The summed E-state index contributed by atoms with van der Waals surface area (Å²) in [5, 5.41) is 2.74. The number of H-pyrrole nitrogens is 1. The van der Waals surface area contributed by atoms with Crippen molar-refractivity contribution < 1.29 is 14.3 Å². The van der Waals surface area contributed by atoms with Gasteiger partial charge in [0.1, 0.15) is 10.8 Å². The van der Waals surface area contributed by atoms with Crippen molar-refractivity contribution in [1.29, 1.82) is 0 Å². The van der Waals surface area contributed by atoms with Gasteiger partial charge in [-0.05, 0) is 13.0 Å². The van der Waals surface area contributed by atoms with Crippen LogP contribution in [0.5, 0.6) is 0 Å². The minimum atomic E-state index is -0.548. The average molecular weight is 231 g/mol. The topological polar surface area (TPSA) is 71.2 Å². The van der Waals surface area contributed by atoms with Crippen molar-refractivity contribution in [3.63, 3.8) is 0 Å². The monoisotopic (exact) mass is 230 g/mol. The normalized spacial score (nSPS) is 9.80. The Labute approximate surface area is 91.8 Å². The summed E-state index contributed by atoms with van der Waals surface area (Å²) < 4.78 is 4.78. The lowest BCUT2D eigenvalue weighted by atomic mass is 10.3. The van der Waals surface area contributed by atoms with Gasteiger partial charge in [-0.2, -0.15) is 0 Å². The van der Waals surface area contributed by atoms with E-state index in [0.717, 1.165) is 0 Å². The Morgan fingerprint density at radius 1 is 1.60 bits per heavy atom. The standard InChI is InChI=1S/C9H11ClN2O3/c1-3-15-9(14)8-6(11-5(2)13)4-7(10)12-8/h4,12H,3H2,1-2H3,(H,11,13). The zero-order valence-corrected chi connectivity index (χ0v) is 9.14. The van der Waals surface area contributed by atoms with Crippen LogP contribution < -0.4 is 5.32 Å². The number of carbonyl (C=O) groups is 2. The maximum absolute atomic E-state index is 11.4. The highest BCUT2D eigenvalue weighted by Gasteiger charge is 2.16. The molecular formula is C9H11ClN2O3. The van der Waals surface area contributed by atoms with Gasteiger partial charge in [0, 0.05) is 6.92 Å². The first-order chi connectivity index (χ1) is 7.04. The number of anilines is 1. The zero-order chi connectivity index (χ0) is 11.4. The van der Waals surface area contributed by atoms with Crippen LogP contribution >= 0.6 is 11.6 Å². The summed E-state index contributed by atoms with van der Waals surface area (Å²) in [6.07, 6.45) is 0. The second-order valence-corrected chi connectivity index (χ2v) is 3.21. The van der Waals surface area contributed by atoms with E-state index < -0.39 is 5.97 Å². The van der Waals surface area contributed by atoms with E-state index in [2.05, 4.69) is 10.3 Å². The van der Waals surface area contributed by atoms with Gasteiger partial charge in [-0.1, -0.05) is 11.6 Å². The van der Waals surface area contributed by atoms with Crippen LogP contribution in [0.2, 0.25) is 5.15 Å². The predicted molar refractivity (Wildman–Crippen MR) is 56.1 cm³/mol. The molecule has 0 bridgehead atoms. The Hall–Kier alpha value is -1.49. The molecule has 1 aromatic heterocycles. The highest BCUT2D eigenvalue weighted by atomic mass is 35.5. The van der Waals surface area contributed by atoms with Crippen molar-refractivity contribution in [3.8, 4) is 0 Å². The molecule has 0 spiro atoms. The van der Waals surface area contributed by atoms with E-state index in [1.165, 1.54) is 13.0 Å². The molecule has 0 aliphatic carbocycles. The quantitative estimate of drug-likeness (QED) is 0.778. The van der Waals surface area contributed by atoms with Gasteiger partial charge in [0.2, 0.25) is 5.91 Å². The molecule has 0 aliphatic heterocycles. The molecule has 0 aromatic carbocycles. The van der Waals surface area contributed by atoms with Crippen LogP contribution in [0.3, 0.4) is 0 Å². The molecular weight excluding hydrogens is 220 g/mol. The molecule has 0 radical (unpaired) electrons. The number of amides is 1. The van der Waals surface area contributed by atoms with Crippen LogP contribution in [-0.4, -0.2) is 23.5 Å². The van der Waals surface area contributed by atoms with Crippen LogP contribution in [0.1, 0.15) is 24.3 Å². The van der Waals surface area contributed by atoms with Gasteiger partial charge in [-0.15, -0.1) is 0 Å². The fourth-order valence-electron chi connectivity index (χ4n) is 1.07. The Morgan fingerprint density at radius 3 is 2.80 bits per heavy atom. The molecule has 5 nitrogen and oxygen atoms in total. The molecule has 0 saturated carbocycles. The van der Waals surface area contributed by atoms with Crippen molar-refractivity contribution >= 4 is 29.2 Å². The van der Waals surface area contributed by atoms with Crippen molar-refractivity contribution in [2.45, 2.75) is 13.8 Å². The average Bonchev–Trinajstić information content (AvgIpc) is 2.46. The minimum absolute atomic E-state index is 0.150. The molecule has 0 fully saturated rings. The van der Waals surface area contributed by atoms with Crippen molar-refractivity contribution in [3.05, 3.63) is 16.9 Å². The highest BCUT2D eigenvalue weighted by molar-refractivity contribution is 6.30. The van der Waals surface area contributed by atoms with E-state index in [9.17, 15) is 9.59 Å². The molecule has 0 unspecified atom stereocenters. The first-order valence-electron chi connectivity index (χ1n) is 4.37. The zero-order valence-electron chi connectivity index (χ0n) is 8.39. The SMILES string of the molecule is CCOC(=O)c1[nH]c(Cl)cc1NC(C)=O. The Balaban J connectivity index is 2.95. The Kier molecular flexibility index (Phi) is 3.74. The number of aromatic nitrogens is 1. The van der Waals surface area contributed by atoms with Crippen LogP contribution in [-0.2, 0) is 9.53 Å². The van der Waals surface area contributed by atoms with Crippen LogP contribution in [0.4, 0.5) is 5.69 Å². The summed E-state index contributed by atoms with van der Waals surface area (Å²) in [4.78, 5) is 24.8. The summed E-state index contributed by atoms with van der Waals surface area (Å²) in [7, 11) is 0. The maximum atomic E-state index is 11.4. The number of nitrogens with one attached hydrogen (secondary N) is 2. The molecule has 1 rings (SSSR count). The number of halogens is 1. The fraction of sp³-hybridized carbons (Fsp3) is 0.333. The number of hydrogen-bond acceptors (Lipinski definition) is 3. The summed E-state index contributed by atoms with van der Waals surface area (Å²) >= 11 is 5.68. The van der Waals surface area contributed by atoms with Gasteiger partial charge < -0.3 is 15.0 Å². The minimum Gasteiger partial charge on any atom is -0.461 e. The number of esters is 1. The number of rotatable bonds is 3. The summed E-state index contributed by atoms with van der Waals surface area (Å²) in [6.45, 7) is 3.30. The van der Waals surface area contributed by atoms with Gasteiger partial charge in [-0.3, -0.25) is 4.79 Å². The molecule has 2 N–H and O–H groups in total. The van der Waals surface area contributed by atoms with Crippen molar-refractivity contribution in [2.24, 2.45) is 0 Å². The summed E-state index contributed by atoms with van der Waals surface area (Å²) in [5.74, 6) is -0.829. The smallest absolute Gasteiger partial charge is 0.356 e. The molecule has 15 heavy (non-hydrogen) atoms. The highest BCUT2D eigenvalue weighted by Crippen LogP contribution is 2.21. The molecule has 82 valence electrons. The number of aromatic amines is 1. The van der Waals surface area contributed by atoms with Gasteiger partial charge >= 0.3 is 5.97 Å². The summed E-state index contributed by atoms with van der Waals surface area (Å²) in [5.41, 5.74) is 0.475. The van der Waals surface area contributed by atoms with E-state index in [1.807, 2.05) is 0 Å². The van der Waals surface area contributed by atoms with Crippen LogP contribution in [0.15, 0.2) is 6.07 Å². The molecule has 6 heteroatoms. The third-order valence-corrected chi connectivity index (χ3v) is 1.78. The Morgan fingerprint density at radius 2 is 2.27 bits per heavy atom. The van der Waals surface area contributed by atoms with Crippen LogP contribution in [0.25, 0.3) is 0 Å². The van der Waals surface area contributed by atoms with Gasteiger partial charge in [0.05, 0.1) is 12.3 Å². The number of carbonyl (C=O) groups excluding carboxylic acids is 2. The predicted octanol–water partition coefficient (Wildman–Crippen LogP) is 1.80. The molecule has 1 aromatic rings. The van der Waals surface area contributed by atoms with Crippen LogP contribution in [0, 0.1) is 0 Å². The third kappa shape index (κ3) is 2.99. The van der Waals surface area contributed by atoms with Gasteiger partial charge in [0.25, 0.3) is 0 Å². The largest absolute Gasteiger partial charge is 0.461 e. The molecule has 1 amide bonds. The first kappa shape index (κ1) is 11.6. The van der Waals surface area contributed by atoms with Gasteiger partial charge in [-0.25, -0.2) is 4.79 Å². The second-order valence-electron chi connectivity index (χ2n) is 2.81. The number of hydrogen-bond donors (Lipinski definition) is 2. The van der Waals surface area contributed by atoms with Crippen molar-refractivity contribution in [1.82, 2.24) is 4.98 Å². The molecule has 1 heterocycles. The van der Waals surface area contributed by atoms with E-state index in [0.29, 0.717) is 5.69 Å². The first-order valence-corrected chi connectivity index (χ1v) is 4.75. The second kappa shape index (κ2) is 4.84. The molecule has 0 aliphatic rings. The van der Waals surface area contributed by atoms with E-state index >= 15 is 0 Å². The van der Waals surface area contributed by atoms with Crippen molar-refractivity contribution in [2.75, 3.05) is 11.9 Å². The third-order valence-electron chi connectivity index (χ3n) is 1.58. The summed E-state index contributed by atoms with van der Waals surface area (Å²) in [6, 6.07) is 1.45.